The van der Waals surface area contributed by atoms with Crippen LogP contribution in [0.1, 0.15) is 37.0 Å². The summed E-state index contributed by atoms with van der Waals surface area (Å²) in [4.78, 5) is 14.5. The van der Waals surface area contributed by atoms with Crippen molar-refractivity contribution in [3.05, 3.63) is 29.8 Å². The lowest BCUT2D eigenvalue weighted by atomic mass is 10.2. The molecule has 1 aliphatic rings. The second-order valence-corrected chi connectivity index (χ2v) is 7.91. The first-order valence-electron chi connectivity index (χ1n) is 8.59. The molecular formula is C17H27N3O3S. The van der Waals surface area contributed by atoms with Crippen LogP contribution in [0.4, 0.5) is 0 Å². The predicted octanol–water partition coefficient (Wildman–Crippen LogP) is 1.54. The number of sulfonamides is 1. The molecule has 6 nitrogen and oxygen atoms in total. The molecule has 0 aliphatic carbocycles. The predicted molar refractivity (Wildman–Crippen MR) is 94.6 cm³/mol. The molecule has 0 unspecified atom stereocenters. The van der Waals surface area contributed by atoms with Gasteiger partial charge in [0.2, 0.25) is 10.0 Å². The largest absolute Gasteiger partial charge is 0.352 e. The molecule has 0 atom stereocenters. The molecular weight excluding hydrogens is 326 g/mol. The van der Waals surface area contributed by atoms with Gasteiger partial charge in [0.05, 0.1) is 4.90 Å². The fourth-order valence-corrected chi connectivity index (χ4v) is 4.12. The summed E-state index contributed by atoms with van der Waals surface area (Å²) in [6.07, 6.45) is 1.95. The average molecular weight is 353 g/mol. The molecule has 1 aromatic rings. The van der Waals surface area contributed by atoms with Crippen molar-refractivity contribution < 1.29 is 13.2 Å². The second kappa shape index (κ2) is 8.60. The van der Waals surface area contributed by atoms with Crippen molar-refractivity contribution in [3.63, 3.8) is 0 Å². The third-order valence-electron chi connectivity index (χ3n) is 4.35. The number of likely N-dealkylation sites (N-methyl/N-ethyl adjacent to an activating group) is 1. The maximum absolute atomic E-state index is 12.7. The van der Waals surface area contributed by atoms with E-state index in [0.717, 1.165) is 32.5 Å². The second-order valence-electron chi connectivity index (χ2n) is 5.97. The van der Waals surface area contributed by atoms with E-state index in [0.29, 0.717) is 25.2 Å². The minimum Gasteiger partial charge on any atom is -0.352 e. The van der Waals surface area contributed by atoms with Gasteiger partial charge in [0.15, 0.2) is 0 Å². The fourth-order valence-electron chi connectivity index (χ4n) is 2.69. The van der Waals surface area contributed by atoms with Gasteiger partial charge in [-0.15, -0.1) is 0 Å². The molecule has 0 spiro atoms. The first-order valence-corrected chi connectivity index (χ1v) is 10.0. The quantitative estimate of drug-likeness (QED) is 0.755. The van der Waals surface area contributed by atoms with Gasteiger partial charge in [-0.3, -0.25) is 4.79 Å². The summed E-state index contributed by atoms with van der Waals surface area (Å²) in [5, 5.41) is 2.83. The number of nitrogens with zero attached hydrogens (tertiary/aromatic N) is 2. The van der Waals surface area contributed by atoms with E-state index in [4.69, 9.17) is 0 Å². The summed E-state index contributed by atoms with van der Waals surface area (Å²) in [6, 6.07) is 6.21. The van der Waals surface area contributed by atoms with Crippen molar-refractivity contribution in [2.75, 3.05) is 39.3 Å². The Morgan fingerprint density at radius 3 is 2.25 bits per heavy atom. The van der Waals surface area contributed by atoms with Crippen molar-refractivity contribution in [1.29, 1.82) is 0 Å². The van der Waals surface area contributed by atoms with Crippen LogP contribution in [-0.4, -0.2) is 62.8 Å². The number of carbonyl (C=O) groups is 1. The Bertz CT molecular complexity index is 636. The van der Waals surface area contributed by atoms with Gasteiger partial charge in [0, 0.05) is 38.3 Å². The molecule has 0 saturated carbocycles. The summed E-state index contributed by atoms with van der Waals surface area (Å²) in [7, 11) is -3.48. The number of hydrogen-bond donors (Lipinski definition) is 1. The molecule has 2 rings (SSSR count). The Balaban J connectivity index is 2.02. The highest BCUT2D eigenvalue weighted by Crippen LogP contribution is 2.18. The van der Waals surface area contributed by atoms with E-state index in [-0.39, 0.29) is 10.8 Å². The number of amides is 1. The van der Waals surface area contributed by atoms with E-state index in [9.17, 15) is 13.2 Å². The third-order valence-corrected chi connectivity index (χ3v) is 6.26. The molecule has 7 heteroatoms. The smallest absolute Gasteiger partial charge is 0.251 e. The number of rotatable bonds is 7. The molecule has 1 heterocycles. The fraction of sp³-hybridized carbons (Fsp3) is 0.588. The van der Waals surface area contributed by atoms with Crippen LogP contribution in [-0.2, 0) is 10.0 Å². The molecule has 0 aromatic heterocycles. The first kappa shape index (κ1) is 18.9. The highest BCUT2D eigenvalue weighted by atomic mass is 32.2. The minimum atomic E-state index is -3.48. The topological polar surface area (TPSA) is 69.7 Å². The number of benzene rings is 1. The van der Waals surface area contributed by atoms with E-state index in [2.05, 4.69) is 24.1 Å². The van der Waals surface area contributed by atoms with Gasteiger partial charge in [-0.1, -0.05) is 20.3 Å². The van der Waals surface area contributed by atoms with Crippen molar-refractivity contribution in [3.8, 4) is 0 Å². The van der Waals surface area contributed by atoms with Crippen molar-refractivity contribution in [1.82, 2.24) is 14.5 Å². The van der Waals surface area contributed by atoms with Crippen LogP contribution in [0.5, 0.6) is 0 Å². The number of carbonyl (C=O) groups excluding carboxylic acids is 1. The van der Waals surface area contributed by atoms with E-state index >= 15 is 0 Å². The van der Waals surface area contributed by atoms with Crippen molar-refractivity contribution >= 4 is 15.9 Å². The average Bonchev–Trinajstić information content (AvgIpc) is 2.62. The molecule has 24 heavy (non-hydrogen) atoms. The van der Waals surface area contributed by atoms with Gasteiger partial charge >= 0.3 is 0 Å². The summed E-state index contributed by atoms with van der Waals surface area (Å²) >= 11 is 0. The normalized spacial score (nSPS) is 16.9. The summed E-state index contributed by atoms with van der Waals surface area (Å²) in [5.74, 6) is -0.163. The zero-order valence-electron chi connectivity index (χ0n) is 14.5. The van der Waals surface area contributed by atoms with E-state index in [1.807, 2.05) is 0 Å². The summed E-state index contributed by atoms with van der Waals surface area (Å²) < 4.78 is 26.9. The van der Waals surface area contributed by atoms with Crippen LogP contribution in [0.2, 0.25) is 0 Å². The lowest BCUT2D eigenvalue weighted by molar-refractivity contribution is 0.0953. The van der Waals surface area contributed by atoms with Crippen LogP contribution < -0.4 is 5.32 Å². The monoisotopic (exact) mass is 353 g/mol. The Labute approximate surface area is 144 Å². The van der Waals surface area contributed by atoms with Crippen LogP contribution in [0, 0.1) is 0 Å². The lowest BCUT2D eigenvalue weighted by Gasteiger charge is -2.33. The van der Waals surface area contributed by atoms with Crippen molar-refractivity contribution in [2.45, 2.75) is 31.6 Å². The van der Waals surface area contributed by atoms with Crippen molar-refractivity contribution in [2.24, 2.45) is 0 Å². The molecule has 1 amide bonds. The molecule has 1 fully saturated rings. The highest BCUT2D eigenvalue weighted by Gasteiger charge is 2.28. The molecule has 134 valence electrons. The number of hydrogen-bond acceptors (Lipinski definition) is 4. The maximum atomic E-state index is 12.7. The maximum Gasteiger partial charge on any atom is 0.251 e. The van der Waals surface area contributed by atoms with Crippen LogP contribution >= 0.6 is 0 Å². The van der Waals surface area contributed by atoms with Gasteiger partial charge in [-0.05, 0) is 37.2 Å². The van der Waals surface area contributed by atoms with Crippen LogP contribution in [0.15, 0.2) is 29.2 Å². The highest BCUT2D eigenvalue weighted by molar-refractivity contribution is 7.89. The molecule has 0 bridgehead atoms. The zero-order valence-corrected chi connectivity index (χ0v) is 15.3. The molecule has 1 saturated heterocycles. The molecule has 0 radical (unpaired) electrons. The third kappa shape index (κ3) is 4.55. The van der Waals surface area contributed by atoms with E-state index < -0.39 is 10.0 Å². The Morgan fingerprint density at radius 1 is 1.08 bits per heavy atom. The van der Waals surface area contributed by atoms with Crippen LogP contribution in [0.25, 0.3) is 0 Å². The van der Waals surface area contributed by atoms with Gasteiger partial charge in [0.25, 0.3) is 5.91 Å². The van der Waals surface area contributed by atoms with E-state index in [1.165, 1.54) is 16.4 Å². The summed E-state index contributed by atoms with van der Waals surface area (Å²) in [5.41, 5.74) is 0.487. The van der Waals surface area contributed by atoms with Gasteiger partial charge < -0.3 is 10.2 Å². The molecule has 1 N–H and O–H groups in total. The van der Waals surface area contributed by atoms with Crippen LogP contribution in [0.3, 0.4) is 0 Å². The van der Waals surface area contributed by atoms with Gasteiger partial charge in [0.1, 0.15) is 0 Å². The number of unbranched alkanes of at least 4 members (excludes halogenated alkanes) is 1. The molecule has 1 aliphatic heterocycles. The van der Waals surface area contributed by atoms with E-state index in [1.54, 1.807) is 12.1 Å². The Kier molecular flexibility index (Phi) is 6.77. The SMILES string of the molecule is CCCCNC(=O)c1ccc(S(=O)(=O)N2CCN(CC)CC2)cc1. The number of piperazine rings is 1. The Morgan fingerprint density at radius 2 is 1.71 bits per heavy atom. The van der Waals surface area contributed by atoms with Gasteiger partial charge in [-0.2, -0.15) is 4.31 Å². The Hall–Kier alpha value is -1.44. The zero-order chi connectivity index (χ0) is 17.6. The minimum absolute atomic E-state index is 0.163. The standard InChI is InChI=1S/C17H27N3O3S/c1-3-5-10-18-17(21)15-6-8-16(9-7-15)24(22,23)20-13-11-19(4-2)12-14-20/h6-9H,3-5,10-14H2,1-2H3,(H,18,21). The summed E-state index contributed by atoms with van der Waals surface area (Å²) in [6.45, 7) is 8.25. The molecule has 1 aromatic carbocycles. The first-order chi connectivity index (χ1) is 11.5. The van der Waals surface area contributed by atoms with Gasteiger partial charge in [-0.25, -0.2) is 8.42 Å². The number of nitrogens with one attached hydrogen (secondary N) is 1. The lowest BCUT2D eigenvalue weighted by Crippen LogP contribution is -2.48.